The molecule has 2 aromatic carbocycles. The van der Waals surface area contributed by atoms with Crippen molar-refractivity contribution >= 4 is 11.9 Å². The van der Waals surface area contributed by atoms with Crippen LogP contribution in [0.25, 0.3) is 0 Å². The van der Waals surface area contributed by atoms with Crippen LogP contribution < -0.4 is 0 Å². The smallest absolute Gasteiger partial charge is 0.242 e. The van der Waals surface area contributed by atoms with E-state index in [2.05, 4.69) is 15.8 Å². The summed E-state index contributed by atoms with van der Waals surface area (Å²) >= 11 is 0. The van der Waals surface area contributed by atoms with E-state index in [0.717, 1.165) is 6.42 Å². The van der Waals surface area contributed by atoms with Crippen molar-refractivity contribution in [2.45, 2.75) is 20.3 Å². The first-order valence-electron chi connectivity index (χ1n) is 7.51. The molecule has 1 unspecified atom stereocenters. The fourth-order valence-electron chi connectivity index (χ4n) is 1.41. The number of hydrogen-bond donors (Lipinski definition) is 0. The highest BCUT2D eigenvalue weighted by Crippen LogP contribution is 2.05. The van der Waals surface area contributed by atoms with Crippen LogP contribution in [-0.4, -0.2) is 11.9 Å². The van der Waals surface area contributed by atoms with Crippen molar-refractivity contribution in [3.63, 3.8) is 0 Å². The average Bonchev–Trinajstić information content (AvgIpc) is 2.67. The lowest BCUT2D eigenvalue weighted by Gasteiger charge is -2.02. The molecule has 0 radical (unpaired) electrons. The fraction of sp³-hybridized carbons (Fsp3) is 0.211. The Morgan fingerprint density at radius 3 is 1.54 bits per heavy atom. The molecule has 0 saturated carbocycles. The summed E-state index contributed by atoms with van der Waals surface area (Å²) < 4.78 is 0. The molecule has 0 fully saturated rings. The van der Waals surface area contributed by atoms with E-state index in [1.165, 1.54) is 0 Å². The van der Waals surface area contributed by atoms with Gasteiger partial charge in [-0.15, -0.1) is 0 Å². The van der Waals surface area contributed by atoms with Crippen LogP contribution in [0.5, 0.6) is 0 Å². The lowest BCUT2D eigenvalue weighted by atomic mass is 10.2. The van der Waals surface area contributed by atoms with E-state index >= 15 is 0 Å². The van der Waals surface area contributed by atoms with Crippen molar-refractivity contribution in [1.82, 2.24) is 0 Å². The highest BCUT2D eigenvalue weighted by atomic mass is 17.2. The van der Waals surface area contributed by atoms with Crippen LogP contribution in [0.15, 0.2) is 60.7 Å². The maximum Gasteiger partial charge on any atom is 0.386 e. The largest absolute Gasteiger partial charge is 0.386 e. The van der Waals surface area contributed by atoms with Crippen LogP contribution in [0.1, 0.15) is 41.0 Å². The molecule has 2 rings (SSSR count). The van der Waals surface area contributed by atoms with E-state index in [0.29, 0.717) is 11.1 Å². The van der Waals surface area contributed by atoms with Gasteiger partial charge in [-0.3, -0.25) is 0 Å². The van der Waals surface area contributed by atoms with Crippen molar-refractivity contribution < 1.29 is 19.4 Å². The van der Waals surface area contributed by atoms with Crippen LogP contribution >= 0.6 is 0 Å². The minimum Gasteiger partial charge on any atom is -0.242 e. The minimum absolute atomic E-state index is 0.241. The van der Waals surface area contributed by atoms with Crippen molar-refractivity contribution in [2.75, 3.05) is 0 Å². The number of rotatable bonds is 3. The summed E-state index contributed by atoms with van der Waals surface area (Å²) in [6.45, 7) is 3.92. The van der Waals surface area contributed by atoms with Gasteiger partial charge in [0.05, 0.1) is 17.2 Å². The Labute approximate surface area is 141 Å². The van der Waals surface area contributed by atoms with Crippen LogP contribution in [0.3, 0.4) is 0 Å². The van der Waals surface area contributed by atoms with Gasteiger partial charge in [-0.2, -0.15) is 5.26 Å². The standard InChI is InChI=1S/C14H10O4.C5H9N/c15-13(11-7-3-1-4-8-11)17-18-14(16)12-9-5-2-6-10-12;1-3-5(2)4-6/h1-10H;5H,3H2,1-2H3. The van der Waals surface area contributed by atoms with Gasteiger partial charge in [0, 0.05) is 5.92 Å². The van der Waals surface area contributed by atoms with Gasteiger partial charge < -0.3 is 0 Å². The zero-order valence-corrected chi connectivity index (χ0v) is 13.6. The van der Waals surface area contributed by atoms with E-state index < -0.39 is 11.9 Å². The molecule has 1 atom stereocenters. The van der Waals surface area contributed by atoms with E-state index in [4.69, 9.17) is 5.26 Å². The molecule has 0 aliphatic rings. The number of nitriles is 1. The molecule has 0 aliphatic carbocycles. The van der Waals surface area contributed by atoms with Gasteiger partial charge in [-0.05, 0) is 37.6 Å². The van der Waals surface area contributed by atoms with Crippen LogP contribution in [0.2, 0.25) is 0 Å². The number of hydrogen-bond acceptors (Lipinski definition) is 5. The van der Waals surface area contributed by atoms with E-state index in [1.807, 2.05) is 13.8 Å². The molecule has 0 aliphatic heterocycles. The first-order chi connectivity index (χ1) is 11.6. The third kappa shape index (κ3) is 6.75. The molecular formula is C19H19NO4. The summed E-state index contributed by atoms with van der Waals surface area (Å²) in [6.07, 6.45) is 0.969. The molecule has 0 aromatic heterocycles. The Morgan fingerprint density at radius 2 is 1.29 bits per heavy atom. The quantitative estimate of drug-likeness (QED) is 0.625. The Morgan fingerprint density at radius 1 is 0.917 bits per heavy atom. The van der Waals surface area contributed by atoms with Crippen molar-refractivity contribution in [3.05, 3.63) is 71.8 Å². The average molecular weight is 325 g/mol. The number of carbonyl (C=O) groups excluding carboxylic acids is 2. The van der Waals surface area contributed by atoms with Crippen LogP contribution in [0.4, 0.5) is 0 Å². The molecule has 0 spiro atoms. The summed E-state index contributed by atoms with van der Waals surface area (Å²) in [4.78, 5) is 31.9. The normalized spacial score (nSPS) is 10.4. The van der Waals surface area contributed by atoms with E-state index in [9.17, 15) is 9.59 Å². The number of nitrogens with zero attached hydrogens (tertiary/aromatic N) is 1. The monoisotopic (exact) mass is 325 g/mol. The molecule has 24 heavy (non-hydrogen) atoms. The highest BCUT2D eigenvalue weighted by Gasteiger charge is 2.12. The fourth-order valence-corrected chi connectivity index (χ4v) is 1.41. The Hall–Kier alpha value is -3.13. The summed E-state index contributed by atoms with van der Waals surface area (Å²) in [7, 11) is 0. The maximum absolute atomic E-state index is 11.5. The van der Waals surface area contributed by atoms with Crippen molar-refractivity contribution in [3.8, 4) is 6.07 Å². The second-order valence-electron chi connectivity index (χ2n) is 4.91. The van der Waals surface area contributed by atoms with Gasteiger partial charge in [0.1, 0.15) is 0 Å². The van der Waals surface area contributed by atoms with Gasteiger partial charge in [0.15, 0.2) is 0 Å². The third-order valence-electron chi connectivity index (χ3n) is 3.04. The van der Waals surface area contributed by atoms with Gasteiger partial charge >= 0.3 is 11.9 Å². The second kappa shape index (κ2) is 10.6. The van der Waals surface area contributed by atoms with Gasteiger partial charge in [-0.25, -0.2) is 19.4 Å². The predicted molar refractivity (Wildman–Crippen MR) is 88.8 cm³/mol. The zero-order valence-electron chi connectivity index (χ0n) is 13.6. The molecule has 5 nitrogen and oxygen atoms in total. The molecule has 0 N–H and O–H groups in total. The van der Waals surface area contributed by atoms with Gasteiger partial charge in [0.25, 0.3) is 0 Å². The first-order valence-corrected chi connectivity index (χ1v) is 7.51. The minimum atomic E-state index is -0.708. The molecule has 124 valence electrons. The molecule has 0 amide bonds. The Kier molecular flexibility index (Phi) is 8.33. The second-order valence-corrected chi connectivity index (χ2v) is 4.91. The van der Waals surface area contributed by atoms with Gasteiger partial charge in [0.2, 0.25) is 0 Å². The lowest BCUT2D eigenvalue weighted by Crippen LogP contribution is -2.11. The van der Waals surface area contributed by atoms with E-state index in [1.54, 1.807) is 60.7 Å². The summed E-state index contributed by atoms with van der Waals surface area (Å²) in [6, 6.07) is 18.7. The summed E-state index contributed by atoms with van der Waals surface area (Å²) in [5.74, 6) is -1.18. The molecule has 5 heteroatoms. The first kappa shape index (κ1) is 18.9. The van der Waals surface area contributed by atoms with Crippen LogP contribution in [-0.2, 0) is 9.78 Å². The molecule has 0 heterocycles. The summed E-state index contributed by atoms with van der Waals surface area (Å²) in [5, 5.41) is 8.08. The lowest BCUT2D eigenvalue weighted by molar-refractivity contribution is -0.187. The van der Waals surface area contributed by atoms with Crippen molar-refractivity contribution in [2.24, 2.45) is 5.92 Å². The van der Waals surface area contributed by atoms with Crippen LogP contribution in [0, 0.1) is 17.2 Å². The Balaban J connectivity index is 0.000000413. The third-order valence-corrected chi connectivity index (χ3v) is 3.04. The number of carbonyl (C=O) groups is 2. The molecule has 0 bridgehead atoms. The summed E-state index contributed by atoms with van der Waals surface area (Å²) in [5.41, 5.74) is 0.636. The Bertz CT molecular complexity index is 626. The van der Waals surface area contributed by atoms with Crippen molar-refractivity contribution in [1.29, 1.82) is 5.26 Å². The topological polar surface area (TPSA) is 76.4 Å². The SMILES string of the molecule is CCC(C)C#N.O=C(OOC(=O)c1ccccc1)c1ccccc1. The number of benzene rings is 2. The molecular weight excluding hydrogens is 306 g/mol. The predicted octanol–water partition coefficient (Wildman–Crippen LogP) is 4.17. The van der Waals surface area contributed by atoms with E-state index in [-0.39, 0.29) is 5.92 Å². The highest BCUT2D eigenvalue weighted by molar-refractivity contribution is 5.92. The van der Waals surface area contributed by atoms with Gasteiger partial charge in [-0.1, -0.05) is 43.3 Å². The molecule has 0 saturated heterocycles. The zero-order chi connectivity index (χ0) is 17.8. The maximum atomic E-state index is 11.5. The molecule has 2 aromatic rings.